The van der Waals surface area contributed by atoms with Crippen LogP contribution in [0, 0.1) is 0 Å². The molecule has 0 aromatic heterocycles. The minimum atomic E-state index is -2.06. The quantitative estimate of drug-likeness (QED) is 0.0770. The van der Waals surface area contributed by atoms with Crippen LogP contribution < -0.4 is 10.6 Å². The molecule has 0 aliphatic carbocycles. The van der Waals surface area contributed by atoms with E-state index in [1.165, 1.54) is 6.92 Å². The molecule has 0 spiro atoms. The van der Waals surface area contributed by atoms with Crippen molar-refractivity contribution in [3.05, 3.63) is 0 Å². The lowest BCUT2D eigenvalue weighted by molar-refractivity contribution is -0.375. The molecule has 0 unspecified atom stereocenters. The van der Waals surface area contributed by atoms with Gasteiger partial charge < -0.3 is 125 Å². The zero-order valence-electron chi connectivity index (χ0n) is 33.0. The molecule has 5 saturated heterocycles. The summed E-state index contributed by atoms with van der Waals surface area (Å²) in [5.74, 6) is -1.52. The first-order valence-corrected chi connectivity index (χ1v) is 19.4. The maximum Gasteiger partial charge on any atom is 0.217 e. The second kappa shape index (κ2) is 21.3. The zero-order chi connectivity index (χ0) is 45.2. The van der Waals surface area contributed by atoms with Gasteiger partial charge in [0, 0.05) is 13.8 Å². The second-order valence-electron chi connectivity index (χ2n) is 15.4. The van der Waals surface area contributed by atoms with Crippen molar-refractivity contribution in [2.24, 2.45) is 0 Å². The van der Waals surface area contributed by atoms with Gasteiger partial charge in [-0.15, -0.1) is 0 Å². The summed E-state index contributed by atoms with van der Waals surface area (Å²) in [4.78, 5) is 24.8. The number of amides is 2. The van der Waals surface area contributed by atoms with E-state index in [2.05, 4.69) is 10.6 Å². The van der Waals surface area contributed by atoms with Crippen molar-refractivity contribution in [3.8, 4) is 0 Å². The van der Waals surface area contributed by atoms with Crippen molar-refractivity contribution < 1.29 is 124 Å². The summed E-state index contributed by atoms with van der Waals surface area (Å²) in [6.07, 6.45) is -40.2. The van der Waals surface area contributed by atoms with Crippen molar-refractivity contribution in [2.45, 2.75) is 174 Å². The Balaban J connectivity index is 1.37. The molecule has 61 heavy (non-hydrogen) atoms. The fourth-order valence-corrected chi connectivity index (χ4v) is 7.67. The number of hydrogen-bond acceptors (Lipinski definition) is 25. The van der Waals surface area contributed by atoms with Crippen LogP contribution in [-0.4, -0.2) is 263 Å². The molecular formula is C34H58N2O25. The number of ether oxygens (including phenoxy) is 9. The maximum atomic E-state index is 12.5. The Morgan fingerprint density at radius 3 is 1.48 bits per heavy atom. The maximum absolute atomic E-state index is 12.5. The van der Waals surface area contributed by atoms with Gasteiger partial charge in [0.2, 0.25) is 11.8 Å². The summed E-state index contributed by atoms with van der Waals surface area (Å²) >= 11 is 0. The number of nitrogens with one attached hydrogen (secondary N) is 2. The van der Waals surface area contributed by atoms with E-state index in [0.29, 0.717) is 0 Å². The average molecular weight is 895 g/mol. The number of aliphatic hydroxyl groups is 14. The molecule has 27 nitrogen and oxygen atoms in total. The van der Waals surface area contributed by atoms with E-state index >= 15 is 0 Å². The van der Waals surface area contributed by atoms with E-state index < -0.39 is 192 Å². The lowest BCUT2D eigenvalue weighted by atomic mass is 9.93. The van der Waals surface area contributed by atoms with Gasteiger partial charge in [0.1, 0.15) is 116 Å². The highest BCUT2D eigenvalue weighted by Crippen LogP contribution is 2.35. The number of aliphatic hydroxyl groups excluding tert-OH is 14. The molecule has 25 atom stereocenters. The van der Waals surface area contributed by atoms with E-state index in [4.69, 9.17) is 42.6 Å². The lowest BCUT2D eigenvalue weighted by Crippen LogP contribution is -2.71. The van der Waals surface area contributed by atoms with Crippen molar-refractivity contribution in [2.75, 3.05) is 26.4 Å². The van der Waals surface area contributed by atoms with E-state index in [9.17, 15) is 81.1 Å². The Bertz CT molecular complexity index is 1420. The number of carbonyl (C=O) groups excluding carboxylic acids is 2. The fraction of sp³-hybridized carbons (Fsp3) is 0.941. The van der Waals surface area contributed by atoms with Crippen molar-refractivity contribution in [1.82, 2.24) is 10.6 Å². The Morgan fingerprint density at radius 2 is 0.902 bits per heavy atom. The van der Waals surface area contributed by atoms with Gasteiger partial charge in [-0.3, -0.25) is 9.59 Å². The van der Waals surface area contributed by atoms with Gasteiger partial charge in [0.05, 0.1) is 32.5 Å². The summed E-state index contributed by atoms with van der Waals surface area (Å²) in [6.45, 7) is 0.0602. The molecule has 2 amide bonds. The molecular weight excluding hydrogens is 836 g/mol. The first-order chi connectivity index (χ1) is 28.7. The summed E-state index contributed by atoms with van der Waals surface area (Å²) in [6, 6.07) is -3.26. The molecule has 5 aliphatic rings. The monoisotopic (exact) mass is 894 g/mol. The standard InChI is InChI=1S/C34H58N2O25/c1-8-17(42)21(46)25(50)33(54-8)61-29-16(36-10(3)41)30(52)55-13(6-39)28(29)60-31-15(35-9(2)40)20(45)27(12(5-38)57-31)59-34-26(51)23(48)19(44)14(58-34)7-53-32-24(49)22(47)18(43)11(4-37)56-32/h8,11-34,37-39,42-52H,4-7H2,1-3H3,(H,35,40)(H,36,41)/t8-,11-,12-,13-,14-,15-,16-,17+,18-,19-,20-,21+,22+,23+,24+,25-,26+,27-,28-,29-,30-,31+,32+,33-,34-/m1/s1. The minimum Gasteiger partial charge on any atom is -0.394 e. The molecule has 5 fully saturated rings. The Morgan fingerprint density at radius 1 is 0.459 bits per heavy atom. The third-order valence-corrected chi connectivity index (χ3v) is 11.1. The van der Waals surface area contributed by atoms with Crippen LogP contribution in [0.4, 0.5) is 0 Å². The smallest absolute Gasteiger partial charge is 0.217 e. The Kier molecular flexibility index (Phi) is 17.5. The molecule has 354 valence electrons. The lowest BCUT2D eigenvalue weighted by Gasteiger charge is -2.51. The Labute approximate surface area is 346 Å². The van der Waals surface area contributed by atoms with Gasteiger partial charge in [-0.1, -0.05) is 0 Å². The van der Waals surface area contributed by atoms with Crippen molar-refractivity contribution in [1.29, 1.82) is 0 Å². The van der Waals surface area contributed by atoms with Crippen LogP contribution in [0.1, 0.15) is 20.8 Å². The first kappa shape index (κ1) is 50.0. The predicted molar refractivity (Wildman–Crippen MR) is 188 cm³/mol. The first-order valence-electron chi connectivity index (χ1n) is 19.4. The van der Waals surface area contributed by atoms with Crippen LogP contribution in [-0.2, 0) is 52.2 Å². The van der Waals surface area contributed by atoms with E-state index in [1.807, 2.05) is 0 Å². The zero-order valence-corrected chi connectivity index (χ0v) is 33.0. The molecule has 5 heterocycles. The second-order valence-corrected chi connectivity index (χ2v) is 15.4. The molecule has 0 bridgehead atoms. The summed E-state index contributed by atoms with van der Waals surface area (Å²) in [5, 5.41) is 152. The van der Waals surface area contributed by atoms with Crippen molar-refractivity contribution in [3.63, 3.8) is 0 Å². The third-order valence-electron chi connectivity index (χ3n) is 11.1. The van der Waals surface area contributed by atoms with Crippen LogP contribution >= 0.6 is 0 Å². The van der Waals surface area contributed by atoms with E-state index in [-0.39, 0.29) is 0 Å². The normalized spacial score (nSPS) is 49.6. The topological polar surface area (TPSA) is 424 Å². The van der Waals surface area contributed by atoms with Gasteiger partial charge in [-0.25, -0.2) is 0 Å². The highest BCUT2D eigenvalue weighted by molar-refractivity contribution is 5.73. The molecule has 0 aromatic carbocycles. The van der Waals surface area contributed by atoms with Crippen LogP contribution in [0.25, 0.3) is 0 Å². The fourth-order valence-electron chi connectivity index (χ4n) is 7.67. The summed E-state index contributed by atoms with van der Waals surface area (Å²) in [5.41, 5.74) is 0. The molecule has 27 heteroatoms. The highest BCUT2D eigenvalue weighted by atomic mass is 16.8. The molecule has 5 aliphatic heterocycles. The van der Waals surface area contributed by atoms with E-state index in [0.717, 1.165) is 13.8 Å². The van der Waals surface area contributed by atoms with Gasteiger partial charge in [0.25, 0.3) is 0 Å². The average Bonchev–Trinajstić information content (AvgIpc) is 3.22. The van der Waals surface area contributed by atoms with Gasteiger partial charge in [0.15, 0.2) is 31.5 Å². The highest BCUT2D eigenvalue weighted by Gasteiger charge is 2.56. The summed E-state index contributed by atoms with van der Waals surface area (Å²) < 4.78 is 51.4. The van der Waals surface area contributed by atoms with Crippen LogP contribution in [0.3, 0.4) is 0 Å². The van der Waals surface area contributed by atoms with Gasteiger partial charge >= 0.3 is 0 Å². The third kappa shape index (κ3) is 10.9. The number of rotatable bonds is 14. The summed E-state index contributed by atoms with van der Waals surface area (Å²) in [7, 11) is 0. The Hall–Kier alpha value is -1.98. The number of hydrogen-bond donors (Lipinski definition) is 16. The minimum absolute atomic E-state index is 0.732. The largest absolute Gasteiger partial charge is 0.394 e. The van der Waals surface area contributed by atoms with Gasteiger partial charge in [-0.05, 0) is 6.92 Å². The van der Waals surface area contributed by atoms with Crippen LogP contribution in [0.2, 0.25) is 0 Å². The van der Waals surface area contributed by atoms with Crippen LogP contribution in [0.5, 0.6) is 0 Å². The van der Waals surface area contributed by atoms with E-state index in [1.54, 1.807) is 0 Å². The molecule has 0 saturated carbocycles. The van der Waals surface area contributed by atoms with Crippen molar-refractivity contribution >= 4 is 11.8 Å². The molecule has 5 rings (SSSR count). The molecule has 16 N–H and O–H groups in total. The molecule has 0 radical (unpaired) electrons. The van der Waals surface area contributed by atoms with Gasteiger partial charge in [-0.2, -0.15) is 0 Å². The molecule has 0 aromatic rings. The predicted octanol–water partition coefficient (Wildman–Crippen LogP) is -10.6. The van der Waals surface area contributed by atoms with Crippen LogP contribution in [0.15, 0.2) is 0 Å². The SMILES string of the molecule is CC(=O)N[C@@H]1[C@@H](O[C@H]2O[C@H](C)[C@H](O)[C@H](O)[C@H]2O)[C@H](O[C@@H]2O[C@H](CO)[C@@H](O[C@H]3O[C@H](CO[C@H]4O[C@H](CO)[C@@H](O)[C@H](O)[C@@H]4O)[C@@H](O)[C@H](O)[C@@H]3O)[C@H](O)[C@H]2NC(C)=O)[C@@H](CO)O[C@H]1O. The number of carbonyl (C=O) groups is 2.